The first-order chi connectivity index (χ1) is 5.27. The summed E-state index contributed by atoms with van der Waals surface area (Å²) >= 11 is 0. The van der Waals surface area contributed by atoms with Crippen molar-refractivity contribution < 1.29 is 44.2 Å². The molecule has 6 heteroatoms. The van der Waals surface area contributed by atoms with Crippen molar-refractivity contribution >= 4 is 27.7 Å². The molecular formula is C6H11NaO3S2. The summed E-state index contributed by atoms with van der Waals surface area (Å²) in [5, 5.41) is 9.74. The summed E-state index contributed by atoms with van der Waals surface area (Å²) in [4.78, 5) is 9.74. The van der Waals surface area contributed by atoms with Crippen molar-refractivity contribution in [2.75, 3.05) is 18.1 Å². The van der Waals surface area contributed by atoms with Gasteiger partial charge in [0.2, 0.25) is 0 Å². The van der Waals surface area contributed by atoms with Crippen molar-refractivity contribution in [3.63, 3.8) is 0 Å². The summed E-state index contributed by atoms with van der Waals surface area (Å²) in [7, 11) is 3.49. The van der Waals surface area contributed by atoms with Gasteiger partial charge in [0.05, 0.1) is 0 Å². The Morgan fingerprint density at radius 2 is 2.17 bits per heavy atom. The van der Waals surface area contributed by atoms with Crippen molar-refractivity contribution in [2.45, 2.75) is 13.3 Å². The molecule has 0 aromatic carbocycles. The molecule has 0 N–H and O–H groups in total. The van der Waals surface area contributed by atoms with Gasteiger partial charge in [-0.1, -0.05) is 28.5 Å². The molecule has 0 rings (SSSR count). The topological polar surface area (TPSA) is 49.4 Å². The van der Waals surface area contributed by atoms with Crippen LogP contribution in [-0.4, -0.2) is 24.3 Å². The van der Waals surface area contributed by atoms with Crippen LogP contribution in [0, 0.1) is 0 Å². The monoisotopic (exact) mass is 218 g/mol. The summed E-state index contributed by atoms with van der Waals surface area (Å²) in [5.41, 5.74) is 0. The summed E-state index contributed by atoms with van der Waals surface area (Å²) in [6, 6.07) is 0. The van der Waals surface area contributed by atoms with E-state index in [1.807, 2.05) is 0 Å². The quantitative estimate of drug-likeness (QED) is 0.226. The minimum Gasteiger partial charge on any atom is -0.550 e. The van der Waals surface area contributed by atoms with Crippen LogP contribution in [0.1, 0.15) is 13.3 Å². The first-order valence-corrected chi connectivity index (χ1v) is 5.84. The van der Waals surface area contributed by atoms with Crippen molar-refractivity contribution in [3.8, 4) is 0 Å². The molecule has 0 aliphatic carbocycles. The molecule has 12 heavy (non-hydrogen) atoms. The van der Waals surface area contributed by atoms with E-state index in [1.54, 1.807) is 21.6 Å². The number of carbonyl (C=O) groups excluding carboxylic acids is 1. The van der Waals surface area contributed by atoms with E-state index in [1.165, 1.54) is 0 Å². The van der Waals surface area contributed by atoms with Crippen molar-refractivity contribution in [2.24, 2.45) is 0 Å². The van der Waals surface area contributed by atoms with Crippen LogP contribution in [0.2, 0.25) is 0 Å². The van der Waals surface area contributed by atoms with Crippen LogP contribution >= 0.6 is 21.6 Å². The van der Waals surface area contributed by atoms with E-state index in [-0.39, 0.29) is 36.2 Å². The Morgan fingerprint density at radius 3 is 2.67 bits per heavy atom. The fourth-order valence-corrected chi connectivity index (χ4v) is 2.14. The predicted molar refractivity (Wildman–Crippen MR) is 46.6 cm³/mol. The largest absolute Gasteiger partial charge is 1.00 e. The molecule has 0 bridgehead atoms. The second-order valence-corrected chi connectivity index (χ2v) is 4.55. The zero-order valence-corrected chi connectivity index (χ0v) is 11.0. The molecule has 0 aliphatic rings. The van der Waals surface area contributed by atoms with Crippen LogP contribution in [0.25, 0.3) is 0 Å². The van der Waals surface area contributed by atoms with E-state index < -0.39 is 6.16 Å². The standard InChI is InChI=1S/C6H12O3S2.Na/c1-2-10-11-5-3-4-9-6(7)8;/h2-5H2,1H3,(H,7,8);/q;+1/p-1. The molecule has 0 heterocycles. The first kappa shape index (κ1) is 15.4. The van der Waals surface area contributed by atoms with Crippen LogP contribution in [0.15, 0.2) is 0 Å². The Bertz CT molecular complexity index is 113. The first-order valence-electron chi connectivity index (χ1n) is 3.35. The third kappa shape index (κ3) is 13.6. The molecular weight excluding hydrogens is 207 g/mol. The SMILES string of the molecule is CCSSCCCOC(=O)[O-].[Na+]. The summed E-state index contributed by atoms with van der Waals surface area (Å²) in [5.74, 6) is 2.00. The average molecular weight is 218 g/mol. The molecule has 66 valence electrons. The number of rotatable bonds is 6. The molecule has 0 atom stereocenters. The zero-order chi connectivity index (χ0) is 8.53. The summed E-state index contributed by atoms with van der Waals surface area (Å²) in [6.45, 7) is 2.33. The second-order valence-electron chi connectivity index (χ2n) is 1.68. The van der Waals surface area contributed by atoms with E-state index in [4.69, 9.17) is 0 Å². The van der Waals surface area contributed by atoms with Gasteiger partial charge in [-0.05, 0) is 6.42 Å². The number of ether oxygens (including phenoxy) is 1. The van der Waals surface area contributed by atoms with Gasteiger partial charge < -0.3 is 14.6 Å². The summed E-state index contributed by atoms with van der Waals surface area (Å²) in [6.07, 6.45) is -0.677. The van der Waals surface area contributed by atoms with E-state index >= 15 is 0 Å². The summed E-state index contributed by atoms with van der Waals surface area (Å²) < 4.78 is 4.20. The molecule has 0 radical (unpaired) electrons. The van der Waals surface area contributed by atoms with Gasteiger partial charge in [0.1, 0.15) is 0 Å². The zero-order valence-electron chi connectivity index (χ0n) is 7.37. The maximum atomic E-state index is 9.74. The second kappa shape index (κ2) is 12.0. The van der Waals surface area contributed by atoms with Gasteiger partial charge in [-0.15, -0.1) is 0 Å². The minimum atomic E-state index is -1.43. The van der Waals surface area contributed by atoms with Crippen LogP contribution in [0.5, 0.6) is 0 Å². The molecule has 3 nitrogen and oxygen atoms in total. The van der Waals surface area contributed by atoms with Crippen LogP contribution < -0.4 is 34.7 Å². The molecule has 0 fully saturated rings. The number of carbonyl (C=O) groups is 1. The Labute approximate surface area is 103 Å². The Kier molecular flexibility index (Phi) is 15.4. The molecule has 0 saturated heterocycles. The Morgan fingerprint density at radius 1 is 1.50 bits per heavy atom. The average Bonchev–Trinajstić information content (AvgIpc) is 1.96. The number of carboxylic acid groups (broad SMARTS) is 1. The third-order valence-electron chi connectivity index (χ3n) is 0.793. The van der Waals surface area contributed by atoms with Crippen molar-refractivity contribution in [3.05, 3.63) is 0 Å². The molecule has 0 aromatic rings. The normalized spacial score (nSPS) is 8.75. The van der Waals surface area contributed by atoms with Gasteiger partial charge >= 0.3 is 29.6 Å². The van der Waals surface area contributed by atoms with Crippen molar-refractivity contribution in [1.82, 2.24) is 0 Å². The van der Waals surface area contributed by atoms with Crippen LogP contribution in [-0.2, 0) is 4.74 Å². The molecule has 0 spiro atoms. The molecule has 0 saturated carbocycles. The smallest absolute Gasteiger partial charge is 0.550 e. The van der Waals surface area contributed by atoms with Gasteiger partial charge in [0.25, 0.3) is 6.16 Å². The fraction of sp³-hybridized carbons (Fsp3) is 0.833. The van der Waals surface area contributed by atoms with Crippen LogP contribution in [0.4, 0.5) is 4.79 Å². The predicted octanol–water partition coefficient (Wildman–Crippen LogP) is -1.86. The van der Waals surface area contributed by atoms with Gasteiger partial charge in [0, 0.05) is 18.1 Å². The number of hydrogen-bond acceptors (Lipinski definition) is 5. The van der Waals surface area contributed by atoms with E-state index in [9.17, 15) is 9.90 Å². The van der Waals surface area contributed by atoms with Crippen molar-refractivity contribution in [1.29, 1.82) is 0 Å². The molecule has 0 unspecified atom stereocenters. The maximum Gasteiger partial charge on any atom is 1.00 e. The van der Waals surface area contributed by atoms with Gasteiger partial charge in [-0.2, -0.15) is 0 Å². The third-order valence-corrected chi connectivity index (χ3v) is 3.36. The molecule has 0 aliphatic heterocycles. The van der Waals surface area contributed by atoms with E-state index in [2.05, 4.69) is 11.7 Å². The minimum absolute atomic E-state index is 0. The maximum absolute atomic E-state index is 9.74. The van der Waals surface area contributed by atoms with Gasteiger partial charge in [-0.3, -0.25) is 0 Å². The van der Waals surface area contributed by atoms with Gasteiger partial charge in [-0.25, -0.2) is 0 Å². The fourth-order valence-electron chi connectivity index (χ4n) is 0.416. The Balaban J connectivity index is 0. The Hall–Kier alpha value is 0.970. The number of hydrogen-bond donors (Lipinski definition) is 0. The van der Waals surface area contributed by atoms with Crippen LogP contribution in [0.3, 0.4) is 0 Å². The molecule has 0 amide bonds. The van der Waals surface area contributed by atoms with Gasteiger partial charge in [0.15, 0.2) is 0 Å². The van der Waals surface area contributed by atoms with E-state index in [0.717, 1.165) is 17.9 Å². The van der Waals surface area contributed by atoms with E-state index in [0.29, 0.717) is 0 Å². The molecule has 0 aromatic heterocycles.